The van der Waals surface area contributed by atoms with Crippen LogP contribution in [0.25, 0.3) is 0 Å². The van der Waals surface area contributed by atoms with Crippen LogP contribution in [0.15, 0.2) is 30.3 Å². The van der Waals surface area contributed by atoms with Crippen molar-refractivity contribution in [3.63, 3.8) is 0 Å². The minimum Gasteiger partial charge on any atom is -0.480 e. The summed E-state index contributed by atoms with van der Waals surface area (Å²) in [5.74, 6) is -0.780. The van der Waals surface area contributed by atoms with Crippen LogP contribution in [0, 0.1) is 5.92 Å². The van der Waals surface area contributed by atoms with E-state index < -0.39 is 11.5 Å². The summed E-state index contributed by atoms with van der Waals surface area (Å²) in [5, 5.41) is 9.81. The van der Waals surface area contributed by atoms with E-state index in [-0.39, 0.29) is 5.92 Å². The molecule has 25 heavy (non-hydrogen) atoms. The molecule has 0 spiro atoms. The minimum atomic E-state index is -1.10. The van der Waals surface area contributed by atoms with Crippen LogP contribution in [0.3, 0.4) is 0 Å². The van der Waals surface area contributed by atoms with Gasteiger partial charge in [-0.25, -0.2) is 0 Å². The van der Waals surface area contributed by atoms with E-state index in [2.05, 4.69) is 29.2 Å². The number of fused-ring (bicyclic) bond motifs is 2. The van der Waals surface area contributed by atoms with Gasteiger partial charge >= 0.3 is 5.97 Å². The van der Waals surface area contributed by atoms with Crippen LogP contribution in [0.2, 0.25) is 6.32 Å². The number of nitrogens with two attached hydrogens (primary N) is 1. The molecule has 2 aliphatic heterocycles. The average Bonchev–Trinajstić information content (AvgIpc) is 2.83. The summed E-state index contributed by atoms with van der Waals surface area (Å²) in [6.45, 7) is 0.959. The quantitative estimate of drug-likeness (QED) is 0.564. The molecule has 134 valence electrons. The van der Waals surface area contributed by atoms with Gasteiger partial charge < -0.3 is 10.8 Å². The van der Waals surface area contributed by atoms with Crippen LogP contribution in [-0.4, -0.2) is 41.4 Å². The number of nitrogens with zero attached hydrogens (tertiary/aromatic N) is 1. The third-order valence-corrected chi connectivity index (χ3v) is 6.26. The number of aliphatic carboxylic acids is 1. The lowest BCUT2D eigenvalue weighted by atomic mass is 9.73. The topological polar surface area (TPSA) is 66.6 Å². The average molecular weight is 340 g/mol. The lowest BCUT2D eigenvalue weighted by Crippen LogP contribution is -2.58. The third-order valence-electron chi connectivity index (χ3n) is 6.26. The van der Waals surface area contributed by atoms with Gasteiger partial charge in [0.25, 0.3) is 0 Å². The second kappa shape index (κ2) is 7.92. The fourth-order valence-electron chi connectivity index (χ4n) is 4.79. The summed E-state index contributed by atoms with van der Waals surface area (Å²) < 4.78 is 0. The highest BCUT2D eigenvalue weighted by molar-refractivity contribution is 6.08. The van der Waals surface area contributed by atoms with E-state index in [0.29, 0.717) is 24.8 Å². The maximum atomic E-state index is 12.0. The predicted molar refractivity (Wildman–Crippen MR) is 100 cm³/mol. The van der Waals surface area contributed by atoms with Crippen molar-refractivity contribution in [1.82, 2.24) is 4.90 Å². The minimum absolute atomic E-state index is 0.0623. The molecule has 0 aromatic heterocycles. The van der Waals surface area contributed by atoms with Gasteiger partial charge in [0.05, 0.1) is 7.85 Å². The molecule has 4 nitrogen and oxygen atoms in total. The first-order valence-corrected chi connectivity index (χ1v) is 9.56. The molecule has 3 rings (SSSR count). The van der Waals surface area contributed by atoms with Crippen molar-refractivity contribution in [2.45, 2.75) is 75.4 Å². The fourth-order valence-corrected chi connectivity index (χ4v) is 4.79. The molecule has 0 aliphatic carbocycles. The van der Waals surface area contributed by atoms with E-state index in [1.807, 2.05) is 6.07 Å². The van der Waals surface area contributed by atoms with E-state index in [0.717, 1.165) is 45.1 Å². The Morgan fingerprint density at radius 3 is 2.40 bits per heavy atom. The Bertz CT molecular complexity index is 568. The van der Waals surface area contributed by atoms with Crippen molar-refractivity contribution in [1.29, 1.82) is 0 Å². The van der Waals surface area contributed by atoms with E-state index in [1.165, 1.54) is 5.56 Å². The number of rotatable bonds is 8. The molecule has 2 fully saturated rings. The Morgan fingerprint density at radius 1 is 1.20 bits per heavy atom. The highest BCUT2D eigenvalue weighted by atomic mass is 16.4. The van der Waals surface area contributed by atoms with Gasteiger partial charge in [-0.2, -0.15) is 0 Å². The Kier molecular flexibility index (Phi) is 5.85. The van der Waals surface area contributed by atoms with E-state index in [1.54, 1.807) is 0 Å². The largest absolute Gasteiger partial charge is 0.480 e. The molecular weight excluding hydrogens is 311 g/mol. The van der Waals surface area contributed by atoms with Gasteiger partial charge in [0.15, 0.2) is 0 Å². The monoisotopic (exact) mass is 340 g/mol. The molecule has 0 amide bonds. The SMILES string of the molecule is [B]CCCCC(N)(C(=O)O)C1CC2CCC(C1)N2Cc1ccccc1. The van der Waals surface area contributed by atoms with Gasteiger partial charge in [0, 0.05) is 18.6 Å². The number of unbranched alkanes of at least 4 members (excludes halogenated alkanes) is 1. The summed E-state index contributed by atoms with van der Waals surface area (Å²) in [7, 11) is 5.56. The molecular formula is C20H29BN2O2. The summed E-state index contributed by atoms with van der Waals surface area (Å²) in [6, 6.07) is 11.5. The molecule has 3 atom stereocenters. The number of carboxylic acid groups (broad SMARTS) is 1. The zero-order valence-electron chi connectivity index (χ0n) is 14.9. The van der Waals surface area contributed by atoms with Crippen molar-refractivity contribution in [2.75, 3.05) is 0 Å². The van der Waals surface area contributed by atoms with Crippen LogP contribution in [0.5, 0.6) is 0 Å². The smallest absolute Gasteiger partial charge is 0.323 e. The Morgan fingerprint density at radius 2 is 1.84 bits per heavy atom. The number of carboxylic acids is 1. The van der Waals surface area contributed by atoms with Crippen molar-refractivity contribution in [2.24, 2.45) is 11.7 Å². The van der Waals surface area contributed by atoms with Gasteiger partial charge in [-0.05, 0) is 43.6 Å². The van der Waals surface area contributed by atoms with Gasteiger partial charge in [-0.15, -0.1) is 0 Å². The van der Waals surface area contributed by atoms with Crippen LogP contribution in [0.4, 0.5) is 0 Å². The molecule has 3 N–H and O–H groups in total. The lowest BCUT2D eigenvalue weighted by Gasteiger charge is -2.44. The maximum Gasteiger partial charge on any atom is 0.323 e. The van der Waals surface area contributed by atoms with Crippen LogP contribution in [0.1, 0.15) is 50.5 Å². The molecule has 0 saturated carbocycles. The van der Waals surface area contributed by atoms with Crippen LogP contribution < -0.4 is 5.73 Å². The van der Waals surface area contributed by atoms with Gasteiger partial charge in [0.1, 0.15) is 5.54 Å². The molecule has 2 radical (unpaired) electrons. The highest BCUT2D eigenvalue weighted by Gasteiger charge is 2.50. The van der Waals surface area contributed by atoms with E-state index in [9.17, 15) is 9.90 Å². The molecule has 3 unspecified atom stereocenters. The van der Waals surface area contributed by atoms with Gasteiger partial charge in [0.2, 0.25) is 0 Å². The molecule has 2 aliphatic rings. The molecule has 1 aromatic carbocycles. The normalized spacial score (nSPS) is 28.6. The summed E-state index contributed by atoms with van der Waals surface area (Å²) in [4.78, 5) is 14.5. The first-order valence-electron chi connectivity index (χ1n) is 9.56. The first kappa shape index (κ1) is 18.5. The van der Waals surface area contributed by atoms with Crippen LogP contribution >= 0.6 is 0 Å². The van der Waals surface area contributed by atoms with Crippen molar-refractivity contribution in [3.8, 4) is 0 Å². The van der Waals surface area contributed by atoms with Crippen LogP contribution in [-0.2, 0) is 11.3 Å². The predicted octanol–water partition coefficient (Wildman–Crippen LogP) is 2.97. The molecule has 1 aromatic rings. The fraction of sp³-hybridized carbons (Fsp3) is 0.650. The van der Waals surface area contributed by atoms with E-state index in [4.69, 9.17) is 13.6 Å². The van der Waals surface area contributed by atoms with Crippen molar-refractivity contribution >= 4 is 13.8 Å². The Balaban J connectivity index is 1.68. The zero-order valence-corrected chi connectivity index (χ0v) is 14.9. The van der Waals surface area contributed by atoms with E-state index >= 15 is 0 Å². The molecule has 5 heteroatoms. The van der Waals surface area contributed by atoms with Gasteiger partial charge in [-0.1, -0.05) is 49.5 Å². The number of benzene rings is 1. The Labute approximate surface area is 152 Å². The number of carbonyl (C=O) groups is 1. The summed E-state index contributed by atoms with van der Waals surface area (Å²) >= 11 is 0. The summed E-state index contributed by atoms with van der Waals surface area (Å²) in [5.41, 5.74) is 6.68. The van der Waals surface area contributed by atoms with Crippen molar-refractivity contribution < 1.29 is 9.90 Å². The lowest BCUT2D eigenvalue weighted by molar-refractivity contribution is -0.147. The second-order valence-corrected chi connectivity index (χ2v) is 7.80. The standard InChI is InChI=1S/C20H29BN2O2/c21-11-5-4-10-20(22,19(24)25)16-12-17-8-9-18(13-16)23(17)14-15-6-2-1-3-7-15/h1-3,6-7,16-18H,4-5,8-14,22H2,(H,24,25). The first-order chi connectivity index (χ1) is 12.0. The number of piperidine rings is 1. The second-order valence-electron chi connectivity index (χ2n) is 7.80. The molecule has 2 heterocycles. The molecule has 2 saturated heterocycles. The van der Waals surface area contributed by atoms with Crippen molar-refractivity contribution in [3.05, 3.63) is 35.9 Å². The van der Waals surface area contributed by atoms with Gasteiger partial charge in [-0.3, -0.25) is 9.69 Å². The third kappa shape index (κ3) is 3.93. The maximum absolute atomic E-state index is 12.0. The number of hydrogen-bond donors (Lipinski definition) is 2. The Hall–Kier alpha value is -1.33. The number of hydrogen-bond acceptors (Lipinski definition) is 3. The molecule has 2 bridgehead atoms. The zero-order chi connectivity index (χ0) is 17.9. The summed E-state index contributed by atoms with van der Waals surface area (Å²) in [6.07, 6.45) is 6.87. The highest BCUT2D eigenvalue weighted by Crippen LogP contribution is 2.44.